The number of nitrogens with zero attached hydrogens (tertiary/aromatic N) is 1. The summed E-state index contributed by atoms with van der Waals surface area (Å²) in [6.45, 7) is 9.89. The van der Waals surface area contributed by atoms with Crippen LogP contribution in [-0.2, 0) is 0 Å². The van der Waals surface area contributed by atoms with E-state index in [-0.39, 0.29) is 0 Å². The summed E-state index contributed by atoms with van der Waals surface area (Å²) in [5.41, 5.74) is 1.20. The Labute approximate surface area is 128 Å². The lowest BCUT2D eigenvalue weighted by molar-refractivity contribution is 0.0534. The van der Waals surface area contributed by atoms with Gasteiger partial charge in [0.25, 0.3) is 0 Å². The Morgan fingerprint density at radius 3 is 2.81 bits per heavy atom. The smallest absolute Gasteiger partial charge is 0.122 e. The summed E-state index contributed by atoms with van der Waals surface area (Å²) in [6, 6.07) is 8.11. The summed E-state index contributed by atoms with van der Waals surface area (Å²) in [5.74, 6) is 2.08. The van der Waals surface area contributed by atoms with Crippen molar-refractivity contribution in [2.24, 2.45) is 5.92 Å². The van der Waals surface area contributed by atoms with Crippen molar-refractivity contribution >= 4 is 0 Å². The van der Waals surface area contributed by atoms with Gasteiger partial charge >= 0.3 is 0 Å². The number of rotatable bonds is 6. The van der Waals surface area contributed by atoms with E-state index in [9.17, 15) is 5.11 Å². The molecule has 1 N–H and O–H groups in total. The quantitative estimate of drug-likeness (QED) is 0.873. The Kier molecular flexibility index (Phi) is 6.07. The van der Waals surface area contributed by atoms with E-state index in [1.165, 1.54) is 18.4 Å². The lowest BCUT2D eigenvalue weighted by Crippen LogP contribution is -2.41. The van der Waals surface area contributed by atoms with Crippen LogP contribution in [0.5, 0.6) is 5.75 Å². The fourth-order valence-corrected chi connectivity index (χ4v) is 3.08. The number of aliphatic hydroxyl groups is 1. The van der Waals surface area contributed by atoms with Crippen LogP contribution in [0.1, 0.15) is 45.1 Å². The summed E-state index contributed by atoms with van der Waals surface area (Å²) in [5, 5.41) is 10.2. The minimum atomic E-state index is -0.421. The molecule has 0 radical (unpaired) electrons. The highest BCUT2D eigenvalue weighted by atomic mass is 16.5. The van der Waals surface area contributed by atoms with E-state index in [0.717, 1.165) is 24.8 Å². The molecule has 2 rings (SSSR count). The lowest BCUT2D eigenvalue weighted by Gasteiger charge is -2.32. The van der Waals surface area contributed by atoms with Crippen LogP contribution in [0.25, 0.3) is 0 Å². The first-order valence-corrected chi connectivity index (χ1v) is 8.18. The van der Waals surface area contributed by atoms with Crippen molar-refractivity contribution in [3.05, 3.63) is 29.8 Å². The fraction of sp³-hybridized carbons (Fsp3) is 0.667. The van der Waals surface area contributed by atoms with E-state index in [2.05, 4.69) is 31.7 Å². The first kappa shape index (κ1) is 16.3. The molecule has 1 heterocycles. The highest BCUT2D eigenvalue weighted by molar-refractivity contribution is 5.35. The van der Waals surface area contributed by atoms with Crippen LogP contribution in [-0.4, -0.2) is 42.4 Å². The second-order valence-electron chi connectivity index (χ2n) is 6.66. The van der Waals surface area contributed by atoms with Crippen LogP contribution in [0.2, 0.25) is 0 Å². The second-order valence-corrected chi connectivity index (χ2v) is 6.66. The third-order valence-corrected chi connectivity index (χ3v) is 4.18. The van der Waals surface area contributed by atoms with Gasteiger partial charge in [-0.25, -0.2) is 0 Å². The monoisotopic (exact) mass is 291 g/mol. The van der Waals surface area contributed by atoms with Crippen LogP contribution >= 0.6 is 0 Å². The van der Waals surface area contributed by atoms with Crippen molar-refractivity contribution in [2.45, 2.75) is 45.6 Å². The maximum absolute atomic E-state index is 10.2. The van der Waals surface area contributed by atoms with Gasteiger partial charge in [0.1, 0.15) is 18.5 Å². The number of hydrogen-bond donors (Lipinski definition) is 1. The van der Waals surface area contributed by atoms with Gasteiger partial charge < -0.3 is 14.7 Å². The van der Waals surface area contributed by atoms with Crippen molar-refractivity contribution in [3.63, 3.8) is 0 Å². The topological polar surface area (TPSA) is 32.7 Å². The van der Waals surface area contributed by atoms with Gasteiger partial charge in [-0.05, 0) is 42.9 Å². The molecule has 1 aliphatic rings. The van der Waals surface area contributed by atoms with E-state index in [0.29, 0.717) is 19.1 Å². The third-order valence-electron chi connectivity index (χ3n) is 4.18. The van der Waals surface area contributed by atoms with Gasteiger partial charge in [-0.15, -0.1) is 0 Å². The summed E-state index contributed by atoms with van der Waals surface area (Å²) in [4.78, 5) is 2.36. The van der Waals surface area contributed by atoms with Crippen LogP contribution in [0.3, 0.4) is 0 Å². The van der Waals surface area contributed by atoms with E-state index in [1.54, 1.807) is 0 Å². The first-order chi connectivity index (χ1) is 10.1. The van der Waals surface area contributed by atoms with Crippen molar-refractivity contribution in [2.75, 3.05) is 26.2 Å². The number of ether oxygens (including phenoxy) is 1. The molecule has 1 fully saturated rings. The van der Waals surface area contributed by atoms with E-state index in [1.807, 2.05) is 18.2 Å². The number of piperidine rings is 1. The summed E-state index contributed by atoms with van der Waals surface area (Å²) >= 11 is 0. The molecule has 3 heteroatoms. The third kappa shape index (κ3) is 5.01. The molecule has 2 unspecified atom stereocenters. The molecule has 0 aliphatic carbocycles. The minimum Gasteiger partial charge on any atom is -0.491 e. The number of hydrogen-bond acceptors (Lipinski definition) is 3. The van der Waals surface area contributed by atoms with Crippen molar-refractivity contribution in [1.29, 1.82) is 0 Å². The molecule has 0 amide bonds. The van der Waals surface area contributed by atoms with Crippen LogP contribution < -0.4 is 4.74 Å². The summed E-state index contributed by atoms with van der Waals surface area (Å²) in [7, 11) is 0. The normalized spacial score (nSPS) is 21.5. The van der Waals surface area contributed by atoms with Crippen molar-refractivity contribution in [1.82, 2.24) is 4.90 Å². The zero-order chi connectivity index (χ0) is 15.2. The maximum Gasteiger partial charge on any atom is 0.122 e. The number of para-hydroxylation sites is 1. The molecule has 1 aliphatic heterocycles. The molecule has 1 saturated heterocycles. The molecule has 0 aromatic heterocycles. The van der Waals surface area contributed by atoms with Crippen LogP contribution in [0, 0.1) is 5.92 Å². The average molecular weight is 291 g/mol. The molecule has 1 aromatic carbocycles. The maximum atomic E-state index is 10.2. The predicted molar refractivity (Wildman–Crippen MR) is 86.9 cm³/mol. The van der Waals surface area contributed by atoms with E-state index in [4.69, 9.17) is 4.74 Å². The Balaban J connectivity index is 1.82. The van der Waals surface area contributed by atoms with Gasteiger partial charge in [-0.3, -0.25) is 0 Å². The largest absolute Gasteiger partial charge is 0.491 e. The Bertz CT molecular complexity index is 433. The molecule has 0 bridgehead atoms. The zero-order valence-electron chi connectivity index (χ0n) is 13.6. The van der Waals surface area contributed by atoms with Gasteiger partial charge in [0.2, 0.25) is 0 Å². The number of benzene rings is 1. The number of likely N-dealkylation sites (tertiary alicyclic amines) is 1. The summed E-state index contributed by atoms with van der Waals surface area (Å²) < 4.78 is 5.85. The van der Waals surface area contributed by atoms with E-state index >= 15 is 0 Å². The van der Waals surface area contributed by atoms with Crippen LogP contribution in [0.15, 0.2) is 24.3 Å². The minimum absolute atomic E-state index is 0.370. The molecular weight excluding hydrogens is 262 g/mol. The highest BCUT2D eigenvalue weighted by Crippen LogP contribution is 2.26. The molecule has 0 saturated carbocycles. The first-order valence-electron chi connectivity index (χ1n) is 8.18. The highest BCUT2D eigenvalue weighted by Gasteiger charge is 2.19. The lowest BCUT2D eigenvalue weighted by atomic mass is 10.00. The molecule has 1 aromatic rings. The van der Waals surface area contributed by atoms with Gasteiger partial charge in [0, 0.05) is 13.1 Å². The Morgan fingerprint density at radius 1 is 1.33 bits per heavy atom. The number of aliphatic hydroxyl groups excluding tert-OH is 1. The molecule has 118 valence electrons. The molecular formula is C18H29NO2. The zero-order valence-corrected chi connectivity index (χ0v) is 13.6. The molecule has 3 nitrogen and oxygen atoms in total. The van der Waals surface area contributed by atoms with Gasteiger partial charge in [0.05, 0.1) is 0 Å². The predicted octanol–water partition coefficient (Wildman–Crippen LogP) is 3.28. The molecule has 21 heavy (non-hydrogen) atoms. The average Bonchev–Trinajstić information content (AvgIpc) is 2.45. The standard InChI is InChI=1S/C18H29NO2/c1-14(2)17-8-4-5-9-18(17)21-13-16(20)12-19-10-6-7-15(3)11-19/h4-5,8-9,14-16,20H,6-7,10-13H2,1-3H3. The van der Waals surface area contributed by atoms with Gasteiger partial charge in [-0.2, -0.15) is 0 Å². The SMILES string of the molecule is CC1CCCN(CC(O)COc2ccccc2C(C)C)C1. The number of β-amino-alcohol motifs (C(OH)–C–C–N with tert-alkyl or cyclic N) is 1. The van der Waals surface area contributed by atoms with Crippen LogP contribution in [0.4, 0.5) is 0 Å². The van der Waals surface area contributed by atoms with Crippen molar-refractivity contribution < 1.29 is 9.84 Å². The molecule has 0 spiro atoms. The summed E-state index contributed by atoms with van der Waals surface area (Å²) in [6.07, 6.45) is 2.13. The second kappa shape index (κ2) is 7.81. The van der Waals surface area contributed by atoms with Gasteiger partial charge in [0.15, 0.2) is 0 Å². The fourth-order valence-electron chi connectivity index (χ4n) is 3.08. The van der Waals surface area contributed by atoms with Crippen molar-refractivity contribution in [3.8, 4) is 5.75 Å². The Hall–Kier alpha value is -1.06. The molecule has 2 atom stereocenters. The van der Waals surface area contributed by atoms with Gasteiger partial charge in [-0.1, -0.05) is 39.0 Å². The van der Waals surface area contributed by atoms with E-state index < -0.39 is 6.10 Å². The Morgan fingerprint density at radius 2 is 2.10 bits per heavy atom.